The Hall–Kier alpha value is -3.00. The normalized spacial score (nSPS) is 15.1. The van der Waals surface area contributed by atoms with Crippen LogP contribution < -0.4 is 4.90 Å². The second-order valence-corrected chi connectivity index (χ2v) is 6.77. The summed E-state index contributed by atoms with van der Waals surface area (Å²) in [5, 5.41) is 5.06. The first-order chi connectivity index (χ1) is 12.8. The number of anilines is 1. The van der Waals surface area contributed by atoms with Gasteiger partial charge in [-0.25, -0.2) is 9.97 Å². The van der Waals surface area contributed by atoms with Crippen molar-refractivity contribution in [2.75, 3.05) is 25.1 Å². The van der Waals surface area contributed by atoms with E-state index in [1.807, 2.05) is 24.1 Å². The van der Waals surface area contributed by atoms with Crippen LogP contribution in [0.4, 0.5) is 5.88 Å². The molecule has 0 atom stereocenters. The number of aromatic nitrogens is 3. The molecule has 26 heavy (non-hydrogen) atoms. The van der Waals surface area contributed by atoms with Gasteiger partial charge in [0.2, 0.25) is 11.8 Å². The van der Waals surface area contributed by atoms with Crippen LogP contribution in [0.5, 0.6) is 0 Å². The van der Waals surface area contributed by atoms with E-state index in [9.17, 15) is 0 Å². The number of hydrogen-bond donors (Lipinski definition) is 0. The molecule has 0 unspecified atom stereocenters. The summed E-state index contributed by atoms with van der Waals surface area (Å²) in [5.41, 5.74) is 2.47. The van der Waals surface area contributed by atoms with Gasteiger partial charge < -0.3 is 14.2 Å². The average molecular weight is 367 g/mol. The molecule has 4 heterocycles. The lowest BCUT2D eigenvalue weighted by molar-refractivity contribution is 0.174. The third-order valence-corrected chi connectivity index (χ3v) is 4.94. The summed E-state index contributed by atoms with van der Waals surface area (Å²) in [5.74, 6) is 1.23. The van der Waals surface area contributed by atoms with E-state index in [0.29, 0.717) is 24.1 Å². The Morgan fingerprint density at radius 1 is 1.46 bits per heavy atom. The molecule has 0 amide bonds. The summed E-state index contributed by atoms with van der Waals surface area (Å²) in [6.45, 7) is 4.78. The quantitative estimate of drug-likeness (QED) is 0.389. The van der Waals surface area contributed by atoms with Gasteiger partial charge in [-0.2, -0.15) is 0 Å². The van der Waals surface area contributed by atoms with Crippen molar-refractivity contribution in [3.63, 3.8) is 0 Å². The molecule has 7 nitrogen and oxygen atoms in total. The molecule has 0 saturated heterocycles. The minimum atomic E-state index is 0.364. The van der Waals surface area contributed by atoms with Gasteiger partial charge in [0.1, 0.15) is 22.2 Å². The van der Waals surface area contributed by atoms with Gasteiger partial charge in [-0.1, -0.05) is 17.8 Å². The molecule has 3 aromatic rings. The first-order valence-electron chi connectivity index (χ1n) is 8.15. The second kappa shape index (κ2) is 7.09. The maximum atomic E-state index is 6.00. The number of oxime groups is 1. The molecule has 0 saturated carbocycles. The Balaban J connectivity index is 1.67. The van der Waals surface area contributed by atoms with E-state index in [2.05, 4.69) is 26.7 Å². The van der Waals surface area contributed by atoms with Crippen molar-refractivity contribution in [2.24, 2.45) is 5.16 Å². The summed E-state index contributed by atoms with van der Waals surface area (Å²) in [4.78, 5) is 21.4. The second-order valence-electron chi connectivity index (χ2n) is 5.74. The average Bonchev–Trinajstić information content (AvgIpc) is 3.32. The van der Waals surface area contributed by atoms with Crippen molar-refractivity contribution in [1.29, 1.82) is 0 Å². The van der Waals surface area contributed by atoms with Gasteiger partial charge in [-0.3, -0.25) is 4.98 Å². The van der Waals surface area contributed by atoms with E-state index in [4.69, 9.17) is 9.25 Å². The van der Waals surface area contributed by atoms with Crippen LogP contribution >= 0.6 is 11.3 Å². The van der Waals surface area contributed by atoms with Crippen molar-refractivity contribution in [1.82, 2.24) is 15.0 Å². The van der Waals surface area contributed by atoms with Crippen LogP contribution in [-0.4, -0.2) is 40.9 Å². The van der Waals surface area contributed by atoms with Crippen molar-refractivity contribution in [3.05, 3.63) is 49.1 Å². The largest absolute Gasteiger partial charge is 0.419 e. The van der Waals surface area contributed by atoms with Gasteiger partial charge in [0.05, 0.1) is 6.20 Å². The van der Waals surface area contributed by atoms with Gasteiger partial charge in [0, 0.05) is 38.0 Å². The van der Waals surface area contributed by atoms with Crippen LogP contribution in [0.1, 0.15) is 12.1 Å². The zero-order valence-electron chi connectivity index (χ0n) is 14.3. The molecule has 0 aliphatic carbocycles. The van der Waals surface area contributed by atoms with E-state index in [1.165, 1.54) is 11.3 Å². The van der Waals surface area contributed by atoms with Crippen LogP contribution in [0, 0.1) is 0 Å². The van der Waals surface area contributed by atoms with E-state index in [-0.39, 0.29) is 0 Å². The predicted molar refractivity (Wildman–Crippen MR) is 101 cm³/mol. The maximum Gasteiger partial charge on any atom is 0.241 e. The van der Waals surface area contributed by atoms with Gasteiger partial charge in [0.15, 0.2) is 5.69 Å². The first kappa shape index (κ1) is 16.5. The fraction of sp³-hybridized carbons (Fsp3) is 0.222. The number of rotatable bonds is 5. The molecule has 0 spiro atoms. The molecular weight excluding hydrogens is 350 g/mol. The van der Waals surface area contributed by atoms with Crippen LogP contribution in [0.3, 0.4) is 0 Å². The zero-order chi connectivity index (χ0) is 17.9. The highest BCUT2D eigenvalue weighted by Gasteiger charge is 2.28. The van der Waals surface area contributed by atoms with Crippen LogP contribution in [0.25, 0.3) is 21.3 Å². The van der Waals surface area contributed by atoms with E-state index >= 15 is 0 Å². The summed E-state index contributed by atoms with van der Waals surface area (Å²) in [7, 11) is 1.98. The predicted octanol–water partition coefficient (Wildman–Crippen LogP) is 3.61. The standard InChI is InChI=1S/C18H17N5O2S/c1-3-9-24-22-13-6-8-23(2)18-15(13)21-16(25-18)14-11-20-17(26-14)12-5-4-7-19-10-12/h3-5,7,10-11H,1,6,8-9H2,2H3/b22-13+. The Kier molecular flexibility index (Phi) is 4.49. The summed E-state index contributed by atoms with van der Waals surface area (Å²) in [6.07, 6.45) is 7.71. The fourth-order valence-electron chi connectivity index (χ4n) is 2.61. The SMILES string of the molecule is C=CCO/N=C1\CCN(C)c2oc(-c3cnc(-c4cccnc4)s3)nc21. The Morgan fingerprint density at radius 2 is 2.38 bits per heavy atom. The third-order valence-electron chi connectivity index (χ3n) is 3.91. The number of fused-ring (bicyclic) bond motifs is 1. The smallest absolute Gasteiger partial charge is 0.241 e. The number of pyridine rings is 1. The minimum Gasteiger partial charge on any atom is -0.419 e. The summed E-state index contributed by atoms with van der Waals surface area (Å²) >= 11 is 1.52. The third kappa shape index (κ3) is 3.11. The van der Waals surface area contributed by atoms with E-state index in [0.717, 1.165) is 34.1 Å². The molecule has 4 rings (SSSR count). The van der Waals surface area contributed by atoms with E-state index < -0.39 is 0 Å². The lowest BCUT2D eigenvalue weighted by Gasteiger charge is -2.21. The molecule has 3 aromatic heterocycles. The van der Waals surface area contributed by atoms with Gasteiger partial charge in [-0.15, -0.1) is 11.3 Å². The lowest BCUT2D eigenvalue weighted by Crippen LogP contribution is -2.28. The Bertz CT molecular complexity index is 948. The van der Waals surface area contributed by atoms with Crippen LogP contribution in [0.2, 0.25) is 0 Å². The highest BCUT2D eigenvalue weighted by atomic mass is 32.1. The molecule has 1 aliphatic heterocycles. The number of nitrogens with zero attached hydrogens (tertiary/aromatic N) is 5. The molecule has 0 fully saturated rings. The highest BCUT2D eigenvalue weighted by Crippen LogP contribution is 2.36. The van der Waals surface area contributed by atoms with Gasteiger partial charge in [0.25, 0.3) is 0 Å². The lowest BCUT2D eigenvalue weighted by atomic mass is 10.1. The topological polar surface area (TPSA) is 76.6 Å². The van der Waals surface area contributed by atoms with Crippen molar-refractivity contribution < 1.29 is 9.25 Å². The number of hydrogen-bond acceptors (Lipinski definition) is 8. The van der Waals surface area contributed by atoms with Crippen molar-refractivity contribution in [3.8, 4) is 21.3 Å². The van der Waals surface area contributed by atoms with Gasteiger partial charge >= 0.3 is 0 Å². The molecule has 1 aliphatic rings. The monoisotopic (exact) mass is 367 g/mol. The molecule has 0 N–H and O–H groups in total. The Labute approximate surface area is 154 Å². The van der Waals surface area contributed by atoms with Crippen molar-refractivity contribution >= 4 is 22.9 Å². The molecule has 0 aromatic carbocycles. The molecule has 0 radical (unpaired) electrons. The Morgan fingerprint density at radius 3 is 3.19 bits per heavy atom. The molecule has 8 heteroatoms. The van der Waals surface area contributed by atoms with Crippen molar-refractivity contribution in [2.45, 2.75) is 6.42 Å². The number of thiazole rings is 1. The summed E-state index contributed by atoms with van der Waals surface area (Å²) < 4.78 is 6.00. The molecular formula is C18H17N5O2S. The summed E-state index contributed by atoms with van der Waals surface area (Å²) in [6, 6.07) is 3.87. The van der Waals surface area contributed by atoms with Crippen LogP contribution in [-0.2, 0) is 4.84 Å². The van der Waals surface area contributed by atoms with Gasteiger partial charge in [-0.05, 0) is 12.1 Å². The van der Waals surface area contributed by atoms with Crippen LogP contribution in [0.15, 0.2) is 53.0 Å². The molecule has 0 bridgehead atoms. The fourth-order valence-corrected chi connectivity index (χ4v) is 3.44. The highest BCUT2D eigenvalue weighted by molar-refractivity contribution is 7.18. The zero-order valence-corrected chi connectivity index (χ0v) is 15.1. The number of oxazole rings is 1. The molecule has 132 valence electrons. The first-order valence-corrected chi connectivity index (χ1v) is 8.96. The minimum absolute atomic E-state index is 0.364. The maximum absolute atomic E-state index is 6.00. The van der Waals surface area contributed by atoms with E-state index in [1.54, 1.807) is 24.7 Å².